The maximum Gasteiger partial charge on any atom is 0.145 e. The Labute approximate surface area is 99.1 Å². The van der Waals surface area contributed by atoms with E-state index in [1.165, 1.54) is 6.33 Å². The van der Waals surface area contributed by atoms with E-state index < -0.39 is 6.10 Å². The van der Waals surface area contributed by atoms with Crippen LogP contribution in [0.2, 0.25) is 0 Å². The summed E-state index contributed by atoms with van der Waals surface area (Å²) in [7, 11) is 3.84. The molecule has 92 valence electrons. The van der Waals surface area contributed by atoms with Crippen LogP contribution in [0.4, 0.5) is 5.82 Å². The van der Waals surface area contributed by atoms with Crippen molar-refractivity contribution in [3.63, 3.8) is 0 Å². The Balaban J connectivity index is 2.44. The first-order chi connectivity index (χ1) is 8.13. The highest BCUT2D eigenvalue weighted by molar-refractivity contribution is 5.87. The van der Waals surface area contributed by atoms with Crippen molar-refractivity contribution in [2.45, 2.75) is 12.6 Å². The summed E-state index contributed by atoms with van der Waals surface area (Å²) in [4.78, 5) is 10.3. The van der Waals surface area contributed by atoms with Gasteiger partial charge in [0.25, 0.3) is 0 Å². The molecule has 0 aliphatic carbocycles. The summed E-state index contributed by atoms with van der Waals surface area (Å²) in [5.41, 5.74) is 0.760. The summed E-state index contributed by atoms with van der Waals surface area (Å²) in [6.45, 7) is 0.0647. The zero-order chi connectivity index (χ0) is 12.4. The van der Waals surface area contributed by atoms with Gasteiger partial charge < -0.3 is 19.7 Å². The van der Waals surface area contributed by atoms with Crippen LogP contribution in [-0.2, 0) is 6.54 Å². The van der Waals surface area contributed by atoms with Gasteiger partial charge in [0.05, 0.1) is 24.6 Å². The van der Waals surface area contributed by atoms with E-state index in [0.717, 1.165) is 16.9 Å². The molecule has 0 saturated heterocycles. The molecule has 17 heavy (non-hydrogen) atoms. The number of anilines is 1. The molecule has 2 heterocycles. The summed E-state index contributed by atoms with van der Waals surface area (Å²) in [6, 6.07) is 1.91. The zero-order valence-corrected chi connectivity index (χ0v) is 9.91. The molecule has 0 saturated carbocycles. The molecule has 0 fully saturated rings. The van der Waals surface area contributed by atoms with Crippen LogP contribution in [0.5, 0.6) is 0 Å². The number of nitrogens with zero attached hydrogens (tertiary/aromatic N) is 4. The third-order valence-corrected chi connectivity index (χ3v) is 2.58. The number of aromatic nitrogens is 3. The molecule has 6 heteroatoms. The highest BCUT2D eigenvalue weighted by Crippen LogP contribution is 2.22. The van der Waals surface area contributed by atoms with E-state index in [9.17, 15) is 5.11 Å². The molecule has 6 nitrogen and oxygen atoms in total. The molecule has 0 aromatic carbocycles. The Morgan fingerprint density at radius 1 is 1.41 bits per heavy atom. The number of fused-ring (bicyclic) bond motifs is 1. The average molecular weight is 236 g/mol. The number of aliphatic hydroxyl groups is 2. The van der Waals surface area contributed by atoms with Crippen LogP contribution in [0.25, 0.3) is 11.0 Å². The van der Waals surface area contributed by atoms with Crippen molar-refractivity contribution >= 4 is 16.9 Å². The lowest BCUT2D eigenvalue weighted by Gasteiger charge is -2.13. The van der Waals surface area contributed by atoms with Gasteiger partial charge in [-0.3, -0.25) is 0 Å². The van der Waals surface area contributed by atoms with Crippen molar-refractivity contribution in [2.24, 2.45) is 0 Å². The fourth-order valence-corrected chi connectivity index (χ4v) is 1.78. The standard InChI is InChI=1S/C11H16N4O2/c1-14(2)10-9-3-4-15(5-8(17)6-16)11(9)13-7-12-10/h3-4,7-8,16-17H,5-6H2,1-2H3/t8-/m0/s1. The first-order valence-electron chi connectivity index (χ1n) is 5.39. The fraction of sp³-hybridized carbons (Fsp3) is 0.455. The van der Waals surface area contributed by atoms with Gasteiger partial charge in [-0.15, -0.1) is 0 Å². The maximum absolute atomic E-state index is 9.44. The van der Waals surface area contributed by atoms with Gasteiger partial charge in [-0.25, -0.2) is 9.97 Å². The van der Waals surface area contributed by atoms with E-state index in [4.69, 9.17) is 5.11 Å². The molecule has 0 aliphatic heterocycles. The predicted molar refractivity (Wildman–Crippen MR) is 64.9 cm³/mol. The summed E-state index contributed by atoms with van der Waals surface area (Å²) in [5.74, 6) is 0.840. The molecular weight excluding hydrogens is 220 g/mol. The van der Waals surface area contributed by atoms with Gasteiger partial charge in [0.2, 0.25) is 0 Å². The lowest BCUT2D eigenvalue weighted by Crippen LogP contribution is -2.19. The number of aliphatic hydroxyl groups excluding tert-OH is 2. The summed E-state index contributed by atoms with van der Waals surface area (Å²) >= 11 is 0. The van der Waals surface area contributed by atoms with Crippen LogP contribution in [-0.4, -0.2) is 51.6 Å². The fourth-order valence-electron chi connectivity index (χ4n) is 1.78. The van der Waals surface area contributed by atoms with Gasteiger partial charge in [0.15, 0.2) is 0 Å². The van der Waals surface area contributed by atoms with Crippen LogP contribution in [0.15, 0.2) is 18.6 Å². The number of hydrogen-bond acceptors (Lipinski definition) is 5. The van der Waals surface area contributed by atoms with E-state index in [0.29, 0.717) is 6.54 Å². The molecule has 2 rings (SSSR count). The second kappa shape index (κ2) is 4.68. The minimum absolute atomic E-state index is 0.259. The minimum atomic E-state index is -0.775. The van der Waals surface area contributed by atoms with Gasteiger partial charge in [-0.1, -0.05) is 0 Å². The average Bonchev–Trinajstić information content (AvgIpc) is 2.72. The zero-order valence-electron chi connectivity index (χ0n) is 9.91. The van der Waals surface area contributed by atoms with Crippen molar-refractivity contribution in [3.05, 3.63) is 18.6 Å². The number of hydrogen-bond donors (Lipinski definition) is 2. The van der Waals surface area contributed by atoms with E-state index in [-0.39, 0.29) is 6.61 Å². The molecule has 0 aliphatic rings. The lowest BCUT2D eigenvalue weighted by atomic mass is 10.3. The summed E-state index contributed by atoms with van der Waals surface area (Å²) in [5, 5.41) is 19.2. The van der Waals surface area contributed by atoms with Gasteiger partial charge in [0.1, 0.15) is 17.8 Å². The highest BCUT2D eigenvalue weighted by atomic mass is 16.3. The summed E-state index contributed by atoms with van der Waals surface area (Å²) in [6.07, 6.45) is 2.56. The van der Waals surface area contributed by atoms with Crippen molar-refractivity contribution in [1.29, 1.82) is 0 Å². The van der Waals surface area contributed by atoms with Crippen LogP contribution in [0.1, 0.15) is 0 Å². The second-order valence-corrected chi connectivity index (χ2v) is 4.13. The molecule has 0 amide bonds. The molecule has 1 atom stereocenters. The Hall–Kier alpha value is -1.66. The smallest absolute Gasteiger partial charge is 0.145 e. The third kappa shape index (κ3) is 2.22. The SMILES string of the molecule is CN(C)c1ncnc2c1ccn2C[C@H](O)CO. The van der Waals surface area contributed by atoms with E-state index in [2.05, 4.69) is 9.97 Å². The van der Waals surface area contributed by atoms with E-state index in [1.807, 2.05) is 35.8 Å². The number of rotatable bonds is 4. The lowest BCUT2D eigenvalue weighted by molar-refractivity contribution is 0.0821. The monoisotopic (exact) mass is 236 g/mol. The Morgan fingerprint density at radius 2 is 2.18 bits per heavy atom. The molecular formula is C11H16N4O2. The summed E-state index contributed by atoms with van der Waals surface area (Å²) < 4.78 is 1.81. The molecule has 2 aromatic heterocycles. The topological polar surface area (TPSA) is 74.4 Å². The second-order valence-electron chi connectivity index (χ2n) is 4.13. The minimum Gasteiger partial charge on any atom is -0.394 e. The molecule has 0 unspecified atom stereocenters. The third-order valence-electron chi connectivity index (χ3n) is 2.58. The van der Waals surface area contributed by atoms with Crippen LogP contribution < -0.4 is 4.90 Å². The quantitative estimate of drug-likeness (QED) is 0.772. The van der Waals surface area contributed by atoms with Gasteiger partial charge in [0, 0.05) is 20.3 Å². The van der Waals surface area contributed by atoms with Crippen molar-refractivity contribution < 1.29 is 10.2 Å². The van der Waals surface area contributed by atoms with Crippen LogP contribution >= 0.6 is 0 Å². The Morgan fingerprint density at radius 3 is 2.82 bits per heavy atom. The maximum atomic E-state index is 9.44. The van der Waals surface area contributed by atoms with Crippen LogP contribution in [0, 0.1) is 0 Å². The van der Waals surface area contributed by atoms with Crippen molar-refractivity contribution in [2.75, 3.05) is 25.6 Å². The Bertz CT molecular complexity index is 509. The molecule has 0 spiro atoms. The van der Waals surface area contributed by atoms with Gasteiger partial charge in [-0.2, -0.15) is 0 Å². The molecule has 0 bridgehead atoms. The van der Waals surface area contributed by atoms with E-state index in [1.54, 1.807) is 0 Å². The molecule has 2 aromatic rings. The largest absolute Gasteiger partial charge is 0.394 e. The molecule has 0 radical (unpaired) electrons. The van der Waals surface area contributed by atoms with Crippen molar-refractivity contribution in [3.8, 4) is 0 Å². The predicted octanol–water partition coefficient (Wildman–Crippen LogP) is -0.150. The highest BCUT2D eigenvalue weighted by Gasteiger charge is 2.11. The first kappa shape index (κ1) is 11.8. The molecule has 2 N–H and O–H groups in total. The van der Waals surface area contributed by atoms with Gasteiger partial charge in [-0.05, 0) is 6.07 Å². The Kier molecular flexibility index (Phi) is 3.26. The van der Waals surface area contributed by atoms with Gasteiger partial charge >= 0.3 is 0 Å². The van der Waals surface area contributed by atoms with E-state index >= 15 is 0 Å². The normalized spacial score (nSPS) is 12.9. The first-order valence-corrected chi connectivity index (χ1v) is 5.39. The van der Waals surface area contributed by atoms with Crippen LogP contribution in [0.3, 0.4) is 0 Å². The van der Waals surface area contributed by atoms with Crippen molar-refractivity contribution in [1.82, 2.24) is 14.5 Å².